The van der Waals surface area contributed by atoms with Gasteiger partial charge in [-0.25, -0.2) is 4.39 Å². The molecule has 0 aromatic heterocycles. The lowest BCUT2D eigenvalue weighted by Gasteiger charge is -2.14. The van der Waals surface area contributed by atoms with Gasteiger partial charge in [-0.05, 0) is 46.3 Å². The van der Waals surface area contributed by atoms with E-state index in [1.54, 1.807) is 30.3 Å². The molecule has 0 saturated carbocycles. The molecule has 1 unspecified atom stereocenters. The number of nitrogens with one attached hydrogen (secondary N) is 1. The summed E-state index contributed by atoms with van der Waals surface area (Å²) in [6.45, 7) is 0. The lowest BCUT2D eigenvalue weighted by Crippen LogP contribution is -2.10. The largest absolute Gasteiger partial charge is 0.366 e. The molecule has 0 aliphatic carbocycles. The van der Waals surface area contributed by atoms with Gasteiger partial charge in [0.15, 0.2) is 0 Å². The van der Waals surface area contributed by atoms with Crippen molar-refractivity contribution in [3.63, 3.8) is 0 Å². The zero-order chi connectivity index (χ0) is 14.7. The molecule has 0 bridgehead atoms. The maximum absolute atomic E-state index is 13.9. The van der Waals surface area contributed by atoms with Crippen molar-refractivity contribution in [3.8, 4) is 6.07 Å². The van der Waals surface area contributed by atoms with Crippen LogP contribution in [0.15, 0.2) is 45.3 Å². The number of anilines is 1. The average Bonchev–Trinajstić information content (AvgIpc) is 2.41. The molecular weight excluding hydrogens is 410 g/mol. The lowest BCUT2D eigenvalue weighted by atomic mass is 10.1. The zero-order valence-corrected chi connectivity index (χ0v) is 13.9. The molecule has 102 valence electrons. The molecule has 0 aliphatic rings. The third kappa shape index (κ3) is 3.51. The first-order chi connectivity index (χ1) is 9.51. The van der Waals surface area contributed by atoms with Gasteiger partial charge in [0, 0.05) is 20.2 Å². The first-order valence-corrected chi connectivity index (χ1v) is 7.54. The summed E-state index contributed by atoms with van der Waals surface area (Å²) in [6.07, 6.45) is 0. The molecule has 0 saturated heterocycles. The summed E-state index contributed by atoms with van der Waals surface area (Å²) in [4.78, 5) is 0. The molecule has 2 aromatic carbocycles. The van der Waals surface area contributed by atoms with Crippen molar-refractivity contribution in [2.75, 3.05) is 5.32 Å². The van der Waals surface area contributed by atoms with Gasteiger partial charge in [-0.1, -0.05) is 33.6 Å². The van der Waals surface area contributed by atoms with Gasteiger partial charge in [0.1, 0.15) is 11.9 Å². The van der Waals surface area contributed by atoms with Gasteiger partial charge in [0.25, 0.3) is 0 Å². The minimum Gasteiger partial charge on any atom is -0.366 e. The average molecular weight is 418 g/mol. The van der Waals surface area contributed by atoms with Gasteiger partial charge in [0.2, 0.25) is 0 Å². The van der Waals surface area contributed by atoms with E-state index in [1.165, 1.54) is 6.07 Å². The van der Waals surface area contributed by atoms with E-state index >= 15 is 0 Å². The number of hydrogen-bond donors (Lipinski definition) is 1. The molecule has 0 aliphatic heterocycles. The van der Waals surface area contributed by atoms with Crippen LogP contribution in [0.2, 0.25) is 5.02 Å². The smallest absolute Gasteiger partial charge is 0.143 e. The normalized spacial score (nSPS) is 11.8. The molecule has 1 atom stereocenters. The summed E-state index contributed by atoms with van der Waals surface area (Å²) in [7, 11) is 0. The molecular formula is C14H8Br2ClFN2. The number of benzene rings is 2. The number of hydrogen-bond acceptors (Lipinski definition) is 2. The molecule has 6 heteroatoms. The lowest BCUT2D eigenvalue weighted by molar-refractivity contribution is 0.606. The van der Waals surface area contributed by atoms with Gasteiger partial charge in [-0.2, -0.15) is 5.26 Å². The zero-order valence-electron chi connectivity index (χ0n) is 10.0. The first kappa shape index (κ1) is 15.3. The van der Waals surface area contributed by atoms with Gasteiger partial charge in [-0.3, -0.25) is 0 Å². The molecule has 2 rings (SSSR count). The van der Waals surface area contributed by atoms with Crippen LogP contribution in [0, 0.1) is 17.1 Å². The fourth-order valence-electron chi connectivity index (χ4n) is 1.67. The summed E-state index contributed by atoms with van der Waals surface area (Å²) in [5, 5.41) is 12.8. The van der Waals surface area contributed by atoms with Gasteiger partial charge >= 0.3 is 0 Å². The van der Waals surface area contributed by atoms with Gasteiger partial charge in [-0.15, -0.1) is 0 Å². The third-order valence-electron chi connectivity index (χ3n) is 2.63. The highest BCUT2D eigenvalue weighted by Gasteiger charge is 2.15. The maximum atomic E-state index is 13.9. The van der Waals surface area contributed by atoms with Gasteiger partial charge < -0.3 is 5.32 Å². The number of nitriles is 1. The first-order valence-electron chi connectivity index (χ1n) is 5.57. The Morgan fingerprint density at radius 1 is 1.20 bits per heavy atom. The standard InChI is InChI=1S/C14H8Br2ClFN2/c15-8-1-3-10(13(18)5-8)14(7-19)20-9-2-4-12(17)11(16)6-9/h1-6,14,20H. The van der Waals surface area contributed by atoms with E-state index < -0.39 is 11.9 Å². The van der Waals surface area contributed by atoms with E-state index in [1.807, 2.05) is 6.07 Å². The summed E-state index contributed by atoms with van der Waals surface area (Å²) in [5.74, 6) is -0.438. The monoisotopic (exact) mass is 416 g/mol. The van der Waals surface area contributed by atoms with E-state index in [-0.39, 0.29) is 0 Å². The Balaban J connectivity index is 2.29. The minimum absolute atomic E-state index is 0.293. The summed E-state index contributed by atoms with van der Waals surface area (Å²) >= 11 is 12.4. The summed E-state index contributed by atoms with van der Waals surface area (Å²) in [5.41, 5.74) is 0.969. The van der Waals surface area contributed by atoms with Gasteiger partial charge in [0.05, 0.1) is 11.1 Å². The molecule has 0 heterocycles. The molecule has 0 radical (unpaired) electrons. The van der Waals surface area contributed by atoms with Crippen molar-refractivity contribution in [2.45, 2.75) is 6.04 Å². The predicted octanol–water partition coefficient (Wildman–Crippen LogP) is 5.68. The second-order valence-electron chi connectivity index (χ2n) is 4.00. The molecule has 0 spiro atoms. The van der Waals surface area contributed by atoms with Crippen LogP contribution >= 0.6 is 43.5 Å². The number of nitrogens with zero attached hydrogens (tertiary/aromatic N) is 1. The fraction of sp³-hybridized carbons (Fsp3) is 0.0714. The van der Waals surface area contributed by atoms with E-state index in [9.17, 15) is 9.65 Å². The Morgan fingerprint density at radius 2 is 1.95 bits per heavy atom. The van der Waals surface area contributed by atoms with E-state index in [2.05, 4.69) is 37.2 Å². The van der Waals surface area contributed by atoms with Crippen LogP contribution < -0.4 is 5.32 Å². The van der Waals surface area contributed by atoms with E-state index in [0.717, 1.165) is 0 Å². The Bertz CT molecular complexity index is 685. The van der Waals surface area contributed by atoms with Crippen molar-refractivity contribution in [1.29, 1.82) is 5.26 Å². The van der Waals surface area contributed by atoms with Crippen LogP contribution in [0.25, 0.3) is 0 Å². The molecule has 2 nitrogen and oxygen atoms in total. The van der Waals surface area contributed by atoms with E-state index in [4.69, 9.17) is 11.6 Å². The molecule has 20 heavy (non-hydrogen) atoms. The highest BCUT2D eigenvalue weighted by molar-refractivity contribution is 9.10. The van der Waals surface area contributed by atoms with Crippen molar-refractivity contribution in [3.05, 3.63) is 61.7 Å². The number of rotatable bonds is 3. The molecule has 0 fully saturated rings. The van der Waals surface area contributed by atoms with Crippen molar-refractivity contribution in [1.82, 2.24) is 0 Å². The Labute approximate surface area is 137 Å². The highest BCUT2D eigenvalue weighted by Crippen LogP contribution is 2.29. The third-order valence-corrected chi connectivity index (χ3v) is 4.34. The second-order valence-corrected chi connectivity index (χ2v) is 6.18. The Morgan fingerprint density at radius 3 is 2.55 bits per heavy atom. The van der Waals surface area contributed by atoms with Crippen molar-refractivity contribution >= 4 is 49.1 Å². The van der Waals surface area contributed by atoms with Crippen molar-refractivity contribution in [2.24, 2.45) is 0 Å². The minimum atomic E-state index is -0.781. The van der Waals surface area contributed by atoms with Crippen molar-refractivity contribution < 1.29 is 4.39 Å². The topological polar surface area (TPSA) is 35.8 Å². The molecule has 1 N–H and O–H groups in total. The quantitative estimate of drug-likeness (QED) is 0.696. The summed E-state index contributed by atoms with van der Waals surface area (Å²) < 4.78 is 15.2. The van der Waals surface area contributed by atoms with Crippen LogP contribution in [0.1, 0.15) is 11.6 Å². The van der Waals surface area contributed by atoms with Crippen LogP contribution in [-0.4, -0.2) is 0 Å². The van der Waals surface area contributed by atoms with E-state index in [0.29, 0.717) is 25.2 Å². The highest BCUT2D eigenvalue weighted by atomic mass is 79.9. The SMILES string of the molecule is N#CC(Nc1ccc(Cl)c(Br)c1)c1ccc(Br)cc1F. The van der Waals surface area contributed by atoms with Crippen LogP contribution in [-0.2, 0) is 0 Å². The molecule has 2 aromatic rings. The van der Waals surface area contributed by atoms with Crippen LogP contribution in [0.5, 0.6) is 0 Å². The predicted molar refractivity (Wildman–Crippen MR) is 85.2 cm³/mol. The second kappa shape index (κ2) is 6.57. The van der Waals surface area contributed by atoms with Crippen LogP contribution in [0.4, 0.5) is 10.1 Å². The Hall–Kier alpha value is -1.09. The fourth-order valence-corrected chi connectivity index (χ4v) is 2.50. The number of halogens is 4. The summed E-state index contributed by atoms with van der Waals surface area (Å²) in [6, 6.07) is 11.0. The Kier molecular flexibility index (Phi) is 5.03. The van der Waals surface area contributed by atoms with Crippen LogP contribution in [0.3, 0.4) is 0 Å². The molecule has 0 amide bonds. The maximum Gasteiger partial charge on any atom is 0.143 e.